The molecular formula is C27H28FN3O5. The fraction of sp³-hybridized carbons (Fsp3) is 0.370. The number of halogens is 1. The minimum Gasteiger partial charge on any atom is -0.477 e. The summed E-state index contributed by atoms with van der Waals surface area (Å²) in [5.41, 5.74) is 0.915. The number of aromatic carboxylic acids is 1. The Balaban J connectivity index is 1.23. The van der Waals surface area contributed by atoms with Gasteiger partial charge in [0.25, 0.3) is 0 Å². The molecule has 1 saturated carbocycles. The van der Waals surface area contributed by atoms with E-state index in [-0.39, 0.29) is 36.0 Å². The molecule has 2 fully saturated rings. The Morgan fingerprint density at radius 1 is 1.06 bits per heavy atom. The Morgan fingerprint density at radius 2 is 1.78 bits per heavy atom. The number of ether oxygens (including phenoxy) is 1. The first-order valence-corrected chi connectivity index (χ1v) is 12.2. The van der Waals surface area contributed by atoms with E-state index >= 15 is 4.39 Å². The van der Waals surface area contributed by atoms with E-state index in [1.54, 1.807) is 10.6 Å². The number of pyridine rings is 1. The van der Waals surface area contributed by atoms with Crippen molar-refractivity contribution in [3.63, 3.8) is 0 Å². The average molecular weight is 494 g/mol. The molecule has 0 unspecified atom stereocenters. The first kappa shape index (κ1) is 24.0. The summed E-state index contributed by atoms with van der Waals surface area (Å²) in [5.74, 6) is -2.09. The van der Waals surface area contributed by atoms with Gasteiger partial charge in [0.2, 0.25) is 5.43 Å². The highest BCUT2D eigenvalue weighted by Crippen LogP contribution is 2.38. The molecule has 188 valence electrons. The van der Waals surface area contributed by atoms with Gasteiger partial charge in [0, 0.05) is 50.3 Å². The number of anilines is 1. The zero-order chi connectivity index (χ0) is 25.2. The van der Waals surface area contributed by atoms with E-state index in [9.17, 15) is 19.5 Å². The van der Waals surface area contributed by atoms with Gasteiger partial charge in [0.1, 0.15) is 18.0 Å². The number of carbonyl (C=O) groups is 2. The third-order valence-corrected chi connectivity index (χ3v) is 6.86. The SMILES string of the molecule is O=C(CCN1CCN(c2cc3c(cc2F)c(=O)c(C(=O)O)cn3C2CC2)CC1)OCc1ccccc1. The van der Waals surface area contributed by atoms with Crippen LogP contribution >= 0.6 is 0 Å². The van der Waals surface area contributed by atoms with E-state index in [0.717, 1.165) is 18.4 Å². The van der Waals surface area contributed by atoms with Gasteiger partial charge in [-0.15, -0.1) is 0 Å². The van der Waals surface area contributed by atoms with Crippen LogP contribution < -0.4 is 10.3 Å². The number of hydrogen-bond donors (Lipinski definition) is 1. The van der Waals surface area contributed by atoms with Gasteiger partial charge < -0.3 is 19.3 Å². The third-order valence-electron chi connectivity index (χ3n) is 6.86. The van der Waals surface area contributed by atoms with Crippen molar-refractivity contribution in [2.75, 3.05) is 37.6 Å². The molecule has 8 nitrogen and oxygen atoms in total. The molecule has 0 atom stereocenters. The second-order valence-electron chi connectivity index (χ2n) is 9.36. The quantitative estimate of drug-likeness (QED) is 0.481. The molecule has 1 aliphatic carbocycles. The van der Waals surface area contributed by atoms with E-state index in [2.05, 4.69) is 4.90 Å². The predicted octanol–water partition coefficient (Wildman–Crippen LogP) is 3.43. The largest absolute Gasteiger partial charge is 0.477 e. The Kier molecular flexibility index (Phi) is 6.73. The second kappa shape index (κ2) is 10.1. The lowest BCUT2D eigenvalue weighted by atomic mass is 10.1. The van der Waals surface area contributed by atoms with Gasteiger partial charge in [-0.3, -0.25) is 14.5 Å². The summed E-state index contributed by atoms with van der Waals surface area (Å²) in [6.07, 6.45) is 3.48. The Bertz CT molecular complexity index is 1350. The van der Waals surface area contributed by atoms with Crippen LogP contribution in [-0.2, 0) is 16.1 Å². The topological polar surface area (TPSA) is 92.1 Å². The third kappa shape index (κ3) is 5.11. The van der Waals surface area contributed by atoms with Crippen molar-refractivity contribution in [1.29, 1.82) is 0 Å². The van der Waals surface area contributed by atoms with Crippen LogP contribution in [0.2, 0.25) is 0 Å². The van der Waals surface area contributed by atoms with E-state index < -0.39 is 17.2 Å². The molecular weight excluding hydrogens is 465 g/mol. The molecule has 2 heterocycles. The maximum Gasteiger partial charge on any atom is 0.341 e. The van der Waals surface area contributed by atoms with Crippen molar-refractivity contribution >= 4 is 28.5 Å². The monoisotopic (exact) mass is 493 g/mol. The number of carboxylic acid groups (broad SMARTS) is 1. The van der Waals surface area contributed by atoms with Crippen molar-refractivity contribution in [3.05, 3.63) is 75.8 Å². The number of esters is 1. The van der Waals surface area contributed by atoms with Crippen molar-refractivity contribution in [1.82, 2.24) is 9.47 Å². The number of aromatic nitrogens is 1. The molecule has 0 amide bonds. The summed E-state index contributed by atoms with van der Waals surface area (Å²) in [6.45, 7) is 3.30. The molecule has 36 heavy (non-hydrogen) atoms. The molecule has 1 N–H and O–H groups in total. The summed E-state index contributed by atoms with van der Waals surface area (Å²) >= 11 is 0. The lowest BCUT2D eigenvalue weighted by Gasteiger charge is -2.36. The molecule has 2 aliphatic rings. The number of nitrogens with zero attached hydrogens (tertiary/aromatic N) is 3. The molecule has 1 aliphatic heterocycles. The summed E-state index contributed by atoms with van der Waals surface area (Å²) < 4.78 is 22.3. The highest BCUT2D eigenvalue weighted by molar-refractivity contribution is 5.93. The van der Waals surface area contributed by atoms with Crippen molar-refractivity contribution in [2.45, 2.75) is 31.9 Å². The number of piperazine rings is 1. The van der Waals surface area contributed by atoms with Gasteiger partial charge in [-0.05, 0) is 30.5 Å². The Labute approximate surface area is 207 Å². The molecule has 0 spiro atoms. The lowest BCUT2D eigenvalue weighted by molar-refractivity contribution is -0.145. The molecule has 9 heteroatoms. The molecule has 1 saturated heterocycles. The van der Waals surface area contributed by atoms with Gasteiger partial charge in [-0.25, -0.2) is 9.18 Å². The van der Waals surface area contributed by atoms with E-state index in [4.69, 9.17) is 4.74 Å². The Morgan fingerprint density at radius 3 is 2.44 bits per heavy atom. The molecule has 0 radical (unpaired) electrons. The first-order valence-electron chi connectivity index (χ1n) is 12.2. The minimum absolute atomic E-state index is 0.0932. The standard InChI is InChI=1S/C27H28FN3O5/c28-22-14-20-23(31(19-6-7-19)16-21(26(20)33)27(34)35)15-24(22)30-12-10-29(11-13-30)9-8-25(32)36-17-18-4-2-1-3-5-18/h1-5,14-16,19H,6-13,17H2,(H,34,35). The fourth-order valence-corrected chi connectivity index (χ4v) is 4.68. The number of benzene rings is 2. The van der Waals surface area contributed by atoms with E-state index in [1.807, 2.05) is 35.2 Å². The minimum atomic E-state index is -1.30. The molecule has 0 bridgehead atoms. The Hall–Kier alpha value is -3.72. The normalized spacial score (nSPS) is 16.3. The van der Waals surface area contributed by atoms with Crippen LogP contribution in [0, 0.1) is 5.82 Å². The zero-order valence-electron chi connectivity index (χ0n) is 19.9. The van der Waals surface area contributed by atoms with Crippen LogP contribution in [0.25, 0.3) is 10.9 Å². The highest BCUT2D eigenvalue weighted by atomic mass is 19.1. The lowest BCUT2D eigenvalue weighted by Crippen LogP contribution is -2.47. The van der Waals surface area contributed by atoms with Gasteiger partial charge in [-0.1, -0.05) is 30.3 Å². The second-order valence-corrected chi connectivity index (χ2v) is 9.36. The summed E-state index contributed by atoms with van der Waals surface area (Å²) in [6, 6.07) is 12.5. The van der Waals surface area contributed by atoms with Gasteiger partial charge >= 0.3 is 11.9 Å². The van der Waals surface area contributed by atoms with Crippen molar-refractivity contribution in [2.24, 2.45) is 0 Å². The number of rotatable bonds is 8. The molecule has 5 rings (SSSR count). The number of carboxylic acids is 1. The van der Waals surface area contributed by atoms with Crippen LogP contribution in [0.1, 0.15) is 41.2 Å². The number of carbonyl (C=O) groups excluding carboxylic acids is 1. The summed E-state index contributed by atoms with van der Waals surface area (Å²) in [5, 5.41) is 9.51. The van der Waals surface area contributed by atoms with Crippen LogP contribution in [-0.4, -0.2) is 59.2 Å². The summed E-state index contributed by atoms with van der Waals surface area (Å²) in [7, 11) is 0. The van der Waals surface area contributed by atoms with E-state index in [1.165, 1.54) is 12.3 Å². The maximum atomic E-state index is 15.1. The zero-order valence-corrected chi connectivity index (χ0v) is 19.9. The molecule has 3 aromatic rings. The average Bonchev–Trinajstić information content (AvgIpc) is 3.73. The number of hydrogen-bond acceptors (Lipinski definition) is 6. The van der Waals surface area contributed by atoms with Crippen LogP contribution in [0.5, 0.6) is 0 Å². The molecule has 2 aromatic carbocycles. The van der Waals surface area contributed by atoms with Crippen LogP contribution in [0.15, 0.2) is 53.5 Å². The highest BCUT2D eigenvalue weighted by Gasteiger charge is 2.28. The fourth-order valence-electron chi connectivity index (χ4n) is 4.68. The maximum absolute atomic E-state index is 15.1. The van der Waals surface area contributed by atoms with Crippen molar-refractivity contribution < 1.29 is 23.8 Å². The van der Waals surface area contributed by atoms with Crippen LogP contribution in [0.4, 0.5) is 10.1 Å². The number of fused-ring (bicyclic) bond motifs is 1. The molecule has 1 aromatic heterocycles. The predicted molar refractivity (Wildman–Crippen MR) is 133 cm³/mol. The van der Waals surface area contributed by atoms with Gasteiger partial charge in [0.15, 0.2) is 0 Å². The summed E-state index contributed by atoms with van der Waals surface area (Å²) in [4.78, 5) is 40.4. The van der Waals surface area contributed by atoms with Gasteiger partial charge in [0.05, 0.1) is 17.6 Å². The first-order chi connectivity index (χ1) is 17.4. The van der Waals surface area contributed by atoms with Crippen LogP contribution in [0.3, 0.4) is 0 Å². The van der Waals surface area contributed by atoms with E-state index in [0.29, 0.717) is 43.9 Å². The van der Waals surface area contributed by atoms with Crippen molar-refractivity contribution in [3.8, 4) is 0 Å². The van der Waals surface area contributed by atoms with Gasteiger partial charge in [-0.2, -0.15) is 0 Å². The smallest absolute Gasteiger partial charge is 0.341 e.